The number of carbonyl (C=O) groups is 1. The molecule has 14 heteroatoms. The second-order valence-electron chi connectivity index (χ2n) is 7.98. The molecule has 2 fully saturated rings. The number of carbonyl (C=O) groups excluding carboxylic acids is 1. The molecule has 1 aliphatic carbocycles. The Morgan fingerprint density at radius 2 is 1.82 bits per heavy atom. The first-order valence-corrected chi connectivity index (χ1v) is 10.2. The molecule has 0 radical (unpaired) electrons. The summed E-state index contributed by atoms with van der Waals surface area (Å²) in [5.41, 5.74) is 0. The largest absolute Gasteiger partial charge is 0.522 e. The van der Waals surface area contributed by atoms with Crippen molar-refractivity contribution in [3.63, 3.8) is 0 Å². The lowest BCUT2D eigenvalue weighted by molar-refractivity contribution is -0.352. The number of hydrogen-bond acceptors (Lipinski definition) is 7. The van der Waals surface area contributed by atoms with Gasteiger partial charge in [-0.25, -0.2) is 13.2 Å². The number of alkyl halides is 5. The van der Waals surface area contributed by atoms with E-state index in [-0.39, 0.29) is 30.4 Å². The van der Waals surface area contributed by atoms with Crippen LogP contribution in [0.25, 0.3) is 0 Å². The van der Waals surface area contributed by atoms with Crippen LogP contribution >= 0.6 is 0 Å². The maximum Gasteiger partial charge on any atom is 0.522 e. The lowest BCUT2D eigenvalue weighted by atomic mass is 9.82. The summed E-state index contributed by atoms with van der Waals surface area (Å²) >= 11 is 0. The highest BCUT2D eigenvalue weighted by Crippen LogP contribution is 2.42. The van der Waals surface area contributed by atoms with E-state index in [1.54, 1.807) is 0 Å². The van der Waals surface area contributed by atoms with Gasteiger partial charge in [0.2, 0.25) is 11.8 Å². The standard InChI is InChI=1S/C20H19F6N3O5/c21-11-1-3-12(4-2-11)31-9-16(30)27-15-8-32-14(7-19(15,22)23)18-29-28-17(33-18)10-5-13(6-10)34-20(24,25)26/h1-4,10,13-15H,5-9H2,(H,27,30)/t10-,13+,14-,15-/m0/s1. The van der Waals surface area contributed by atoms with Gasteiger partial charge in [0.25, 0.3) is 11.8 Å². The van der Waals surface area contributed by atoms with Gasteiger partial charge in [0.15, 0.2) is 6.61 Å². The molecule has 0 spiro atoms. The molecule has 1 aromatic heterocycles. The lowest BCUT2D eigenvalue weighted by Gasteiger charge is -2.35. The summed E-state index contributed by atoms with van der Waals surface area (Å²) in [6.07, 6.45) is -7.85. The Bertz CT molecular complexity index is 993. The van der Waals surface area contributed by atoms with E-state index in [2.05, 4.69) is 20.3 Å². The highest BCUT2D eigenvalue weighted by atomic mass is 19.4. The van der Waals surface area contributed by atoms with Gasteiger partial charge in [-0.05, 0) is 37.1 Å². The molecular weight excluding hydrogens is 476 g/mol. The zero-order valence-electron chi connectivity index (χ0n) is 17.4. The Kier molecular flexibility index (Phi) is 6.71. The first kappa shape index (κ1) is 24.3. The van der Waals surface area contributed by atoms with Gasteiger partial charge < -0.3 is 19.2 Å². The Morgan fingerprint density at radius 1 is 1.15 bits per heavy atom. The number of benzene rings is 1. The van der Waals surface area contributed by atoms with Crippen molar-refractivity contribution in [2.24, 2.45) is 0 Å². The highest BCUT2D eigenvalue weighted by molar-refractivity contribution is 5.78. The number of aromatic nitrogens is 2. The van der Waals surface area contributed by atoms with E-state index in [0.717, 1.165) is 12.1 Å². The summed E-state index contributed by atoms with van der Waals surface area (Å²) in [7, 11) is 0. The molecule has 8 nitrogen and oxygen atoms in total. The van der Waals surface area contributed by atoms with Crippen molar-refractivity contribution in [1.29, 1.82) is 0 Å². The number of amides is 1. The first-order chi connectivity index (χ1) is 16.0. The van der Waals surface area contributed by atoms with Gasteiger partial charge >= 0.3 is 6.36 Å². The maximum atomic E-state index is 14.6. The van der Waals surface area contributed by atoms with Crippen molar-refractivity contribution in [3.8, 4) is 5.75 Å². The van der Waals surface area contributed by atoms with E-state index in [0.29, 0.717) is 0 Å². The number of nitrogens with zero attached hydrogens (tertiary/aromatic N) is 2. The SMILES string of the molecule is O=C(COc1ccc(F)cc1)N[C@H]1CO[C@H](c2nnc([C@H]3C[C@@H](OC(F)(F)F)C3)o2)CC1(F)F. The van der Waals surface area contributed by atoms with Crippen molar-refractivity contribution < 1.29 is 49.8 Å². The monoisotopic (exact) mass is 495 g/mol. The van der Waals surface area contributed by atoms with Crippen LogP contribution in [0.2, 0.25) is 0 Å². The number of ether oxygens (including phenoxy) is 3. The predicted octanol–water partition coefficient (Wildman–Crippen LogP) is 3.65. The average Bonchev–Trinajstić information content (AvgIpc) is 3.20. The minimum absolute atomic E-state index is 0.0108. The third kappa shape index (κ3) is 5.97. The van der Waals surface area contributed by atoms with E-state index in [4.69, 9.17) is 13.9 Å². The molecule has 34 heavy (non-hydrogen) atoms. The van der Waals surface area contributed by atoms with Crippen molar-refractivity contribution in [2.45, 2.75) is 55.7 Å². The number of rotatable bonds is 7. The molecule has 2 heterocycles. The topological polar surface area (TPSA) is 95.7 Å². The third-order valence-electron chi connectivity index (χ3n) is 5.43. The van der Waals surface area contributed by atoms with Gasteiger partial charge in [-0.1, -0.05) is 0 Å². The molecule has 2 aromatic rings. The van der Waals surface area contributed by atoms with E-state index in [1.165, 1.54) is 12.1 Å². The zero-order chi connectivity index (χ0) is 24.5. The van der Waals surface area contributed by atoms with Gasteiger partial charge in [0.1, 0.15) is 23.7 Å². The number of halogens is 6. The Hall–Kier alpha value is -2.87. The molecule has 1 saturated heterocycles. The van der Waals surface area contributed by atoms with Crippen LogP contribution in [0.3, 0.4) is 0 Å². The molecule has 0 bridgehead atoms. The molecule has 1 N–H and O–H groups in total. The molecule has 2 aliphatic rings. The molecule has 4 rings (SSSR count). The second-order valence-corrected chi connectivity index (χ2v) is 7.98. The van der Waals surface area contributed by atoms with E-state index < -0.39 is 67.8 Å². The summed E-state index contributed by atoms with van der Waals surface area (Å²) in [6, 6.07) is 3.19. The molecule has 0 unspecified atom stereocenters. The van der Waals surface area contributed by atoms with Crippen LogP contribution in [0.4, 0.5) is 26.3 Å². The quantitative estimate of drug-likeness (QED) is 0.586. The molecule has 1 saturated carbocycles. The summed E-state index contributed by atoms with van der Waals surface area (Å²) in [5.74, 6) is -5.17. The summed E-state index contributed by atoms with van der Waals surface area (Å²) in [6.45, 7) is -1.11. The highest BCUT2D eigenvalue weighted by Gasteiger charge is 2.49. The van der Waals surface area contributed by atoms with E-state index in [9.17, 15) is 31.1 Å². The molecular formula is C20H19F6N3O5. The molecule has 1 amide bonds. The smallest absolute Gasteiger partial charge is 0.484 e. The van der Waals surface area contributed by atoms with Crippen LogP contribution in [0.15, 0.2) is 28.7 Å². The average molecular weight is 495 g/mol. The van der Waals surface area contributed by atoms with Gasteiger partial charge in [0.05, 0.1) is 12.7 Å². The molecule has 2 atom stereocenters. The fourth-order valence-corrected chi connectivity index (χ4v) is 3.60. The minimum Gasteiger partial charge on any atom is -0.484 e. The Morgan fingerprint density at radius 3 is 2.47 bits per heavy atom. The van der Waals surface area contributed by atoms with Crippen molar-refractivity contribution in [2.75, 3.05) is 13.2 Å². The second kappa shape index (κ2) is 9.41. The fourth-order valence-electron chi connectivity index (χ4n) is 3.60. The fraction of sp³-hybridized carbons (Fsp3) is 0.550. The van der Waals surface area contributed by atoms with Crippen LogP contribution in [0.1, 0.15) is 43.1 Å². The predicted molar refractivity (Wildman–Crippen MR) is 99.3 cm³/mol. The van der Waals surface area contributed by atoms with Gasteiger partial charge in [-0.3, -0.25) is 9.53 Å². The van der Waals surface area contributed by atoms with Crippen LogP contribution in [-0.2, 0) is 14.3 Å². The maximum absolute atomic E-state index is 14.6. The van der Waals surface area contributed by atoms with Crippen LogP contribution in [0.5, 0.6) is 5.75 Å². The van der Waals surface area contributed by atoms with E-state index in [1.807, 2.05) is 0 Å². The van der Waals surface area contributed by atoms with Gasteiger partial charge in [-0.15, -0.1) is 23.4 Å². The number of nitrogens with one attached hydrogen (secondary N) is 1. The van der Waals surface area contributed by atoms with Crippen LogP contribution in [-0.4, -0.2) is 53.7 Å². The van der Waals surface area contributed by atoms with Crippen molar-refractivity contribution in [1.82, 2.24) is 15.5 Å². The van der Waals surface area contributed by atoms with Crippen molar-refractivity contribution in [3.05, 3.63) is 41.9 Å². The Labute approximate surface area is 188 Å². The van der Waals surface area contributed by atoms with E-state index >= 15 is 0 Å². The summed E-state index contributed by atoms with van der Waals surface area (Å²) < 4.78 is 98.5. The zero-order valence-corrected chi connectivity index (χ0v) is 17.4. The first-order valence-electron chi connectivity index (χ1n) is 10.2. The molecule has 1 aromatic carbocycles. The van der Waals surface area contributed by atoms with Crippen LogP contribution < -0.4 is 10.1 Å². The number of hydrogen-bond donors (Lipinski definition) is 1. The Balaban J connectivity index is 1.26. The van der Waals surface area contributed by atoms with Crippen LogP contribution in [0, 0.1) is 5.82 Å². The summed E-state index contributed by atoms with van der Waals surface area (Å²) in [5, 5.41) is 9.56. The summed E-state index contributed by atoms with van der Waals surface area (Å²) in [4.78, 5) is 12.0. The molecule has 186 valence electrons. The van der Waals surface area contributed by atoms with Gasteiger partial charge in [0, 0.05) is 12.3 Å². The minimum atomic E-state index is -4.74. The molecule has 1 aliphatic heterocycles. The normalized spacial score (nSPS) is 26.5. The lowest BCUT2D eigenvalue weighted by Crippen LogP contribution is -2.55. The third-order valence-corrected chi connectivity index (χ3v) is 5.43. The van der Waals surface area contributed by atoms with Crippen molar-refractivity contribution >= 4 is 5.91 Å². The van der Waals surface area contributed by atoms with Gasteiger partial charge in [-0.2, -0.15) is 0 Å².